The first-order chi connectivity index (χ1) is 16.9. The molecule has 0 fully saturated rings. The van der Waals surface area contributed by atoms with E-state index in [1.807, 2.05) is 0 Å². The summed E-state index contributed by atoms with van der Waals surface area (Å²) in [6.45, 7) is 29.1. The van der Waals surface area contributed by atoms with Crippen LogP contribution in [-0.4, -0.2) is 44.3 Å². The van der Waals surface area contributed by atoms with Gasteiger partial charge < -0.3 is 20.1 Å². The van der Waals surface area contributed by atoms with Crippen LogP contribution in [0.3, 0.4) is 0 Å². The Balaban J connectivity index is 5.00. The normalized spacial score (nSPS) is 16.4. The van der Waals surface area contributed by atoms with Gasteiger partial charge in [0.15, 0.2) is 0 Å². The average molecular weight is 523 g/mol. The summed E-state index contributed by atoms with van der Waals surface area (Å²) in [5, 5.41) is 6.12. The molecule has 2 amide bonds. The van der Waals surface area contributed by atoms with Gasteiger partial charge >= 0.3 is 18.0 Å². The van der Waals surface area contributed by atoms with Gasteiger partial charge in [-0.3, -0.25) is 0 Å². The molecular weight excluding hydrogens is 468 g/mol. The van der Waals surface area contributed by atoms with Crippen LogP contribution >= 0.6 is 0 Å². The quantitative estimate of drug-likeness (QED) is 0.166. The van der Waals surface area contributed by atoms with Gasteiger partial charge in [-0.05, 0) is 62.2 Å². The van der Waals surface area contributed by atoms with Crippen molar-refractivity contribution in [3.8, 4) is 0 Å². The molecule has 0 saturated heterocycles. The molecule has 0 aromatic rings. The zero-order valence-corrected chi connectivity index (χ0v) is 25.3. The van der Waals surface area contributed by atoms with E-state index in [9.17, 15) is 14.4 Å². The van der Waals surface area contributed by atoms with Crippen molar-refractivity contribution in [2.24, 2.45) is 21.7 Å². The molecule has 0 aromatic carbocycles. The lowest BCUT2D eigenvalue weighted by Gasteiger charge is -2.39. The Hall–Kier alpha value is -2.31. The molecule has 2 N–H and O–H groups in total. The van der Waals surface area contributed by atoms with Crippen molar-refractivity contribution in [1.82, 2.24) is 10.6 Å². The lowest BCUT2D eigenvalue weighted by atomic mass is 9.70. The van der Waals surface area contributed by atoms with E-state index in [2.05, 4.69) is 79.2 Å². The van der Waals surface area contributed by atoms with Crippen molar-refractivity contribution in [3.05, 3.63) is 24.3 Å². The van der Waals surface area contributed by atoms with Gasteiger partial charge in [-0.15, -0.1) is 0 Å². The number of rotatable bonds is 17. The SMILES string of the molecule is C=C(C)C(=O)OCC(C)(C)CC(C)(CC)CNC(=O)NCC(C)(CC)CC(C)(CC)COC(=O)C(=C)C. The molecule has 0 aliphatic carbocycles. The molecular formula is C30H54N2O5. The van der Waals surface area contributed by atoms with Gasteiger partial charge in [0, 0.05) is 29.7 Å². The fraction of sp³-hybridized carbons (Fsp3) is 0.767. The highest BCUT2D eigenvalue weighted by molar-refractivity contribution is 5.87. The summed E-state index contributed by atoms with van der Waals surface area (Å²) < 4.78 is 10.9. The van der Waals surface area contributed by atoms with Crippen LogP contribution < -0.4 is 10.6 Å². The summed E-state index contributed by atoms with van der Waals surface area (Å²) in [5.74, 6) is -0.748. The maximum atomic E-state index is 12.8. The molecule has 7 heteroatoms. The maximum Gasteiger partial charge on any atom is 0.333 e. The zero-order valence-electron chi connectivity index (χ0n) is 25.3. The van der Waals surface area contributed by atoms with E-state index in [1.54, 1.807) is 13.8 Å². The summed E-state index contributed by atoms with van der Waals surface area (Å²) >= 11 is 0. The zero-order chi connectivity index (χ0) is 29.1. The minimum atomic E-state index is -0.379. The number of amides is 2. The van der Waals surface area contributed by atoms with Crippen molar-refractivity contribution in [2.45, 2.75) is 101 Å². The van der Waals surface area contributed by atoms with Crippen LogP contribution in [0.1, 0.15) is 101 Å². The number of nitrogens with one attached hydrogen (secondary N) is 2. The topological polar surface area (TPSA) is 93.7 Å². The second kappa shape index (κ2) is 14.6. The molecule has 7 nitrogen and oxygen atoms in total. The Kier molecular flexibility index (Phi) is 13.7. The van der Waals surface area contributed by atoms with Gasteiger partial charge in [0.25, 0.3) is 0 Å². The molecule has 0 heterocycles. The third kappa shape index (κ3) is 13.2. The highest BCUT2D eigenvalue weighted by Gasteiger charge is 2.36. The molecule has 0 spiro atoms. The molecule has 0 saturated carbocycles. The summed E-state index contributed by atoms with van der Waals surface area (Å²) in [7, 11) is 0. The molecule has 0 aliphatic rings. The maximum absolute atomic E-state index is 12.8. The predicted molar refractivity (Wildman–Crippen MR) is 151 cm³/mol. The highest BCUT2D eigenvalue weighted by Crippen LogP contribution is 2.39. The van der Waals surface area contributed by atoms with E-state index in [-0.39, 0.29) is 39.6 Å². The lowest BCUT2D eigenvalue weighted by molar-refractivity contribution is -0.143. The number of carbonyl (C=O) groups excluding carboxylic acids is 3. The van der Waals surface area contributed by atoms with Crippen LogP contribution in [0.25, 0.3) is 0 Å². The van der Waals surface area contributed by atoms with Crippen molar-refractivity contribution < 1.29 is 23.9 Å². The van der Waals surface area contributed by atoms with Gasteiger partial charge in [0.2, 0.25) is 0 Å². The number of ether oxygens (including phenoxy) is 2. The minimum Gasteiger partial charge on any atom is -0.462 e. The van der Waals surface area contributed by atoms with E-state index in [0.717, 1.165) is 32.1 Å². The molecule has 3 unspecified atom stereocenters. The van der Waals surface area contributed by atoms with Crippen LogP contribution in [0, 0.1) is 21.7 Å². The Labute approximate surface area is 226 Å². The smallest absolute Gasteiger partial charge is 0.333 e. The number of urea groups is 1. The van der Waals surface area contributed by atoms with E-state index in [4.69, 9.17) is 9.47 Å². The molecule has 0 bridgehead atoms. The standard InChI is InChI=1S/C30H54N2O5/c1-13-28(10,16-27(8,9)20-36-24(33)22(4)5)18-31-26(35)32-19-29(11,14-2)17-30(12,15-3)21-37-25(34)23(6)7/h4,6,13-21H2,1-3,5,7-12H3,(H2,31,32,35). The van der Waals surface area contributed by atoms with Crippen molar-refractivity contribution in [1.29, 1.82) is 0 Å². The van der Waals surface area contributed by atoms with Gasteiger partial charge in [0.05, 0.1) is 13.2 Å². The van der Waals surface area contributed by atoms with E-state index in [0.29, 0.717) is 37.4 Å². The second-order valence-corrected chi connectivity index (χ2v) is 12.8. The number of hydrogen-bond donors (Lipinski definition) is 2. The van der Waals surface area contributed by atoms with Crippen LogP contribution in [0.4, 0.5) is 4.79 Å². The second-order valence-electron chi connectivity index (χ2n) is 12.8. The largest absolute Gasteiger partial charge is 0.462 e. The third-order valence-corrected chi connectivity index (χ3v) is 7.51. The molecule has 0 rings (SSSR count). The van der Waals surface area contributed by atoms with Gasteiger partial charge in [-0.2, -0.15) is 0 Å². The fourth-order valence-corrected chi connectivity index (χ4v) is 4.54. The Morgan fingerprint density at radius 3 is 1.41 bits per heavy atom. The third-order valence-electron chi connectivity index (χ3n) is 7.51. The number of esters is 2. The van der Waals surface area contributed by atoms with Crippen LogP contribution in [0.15, 0.2) is 24.3 Å². The highest BCUT2D eigenvalue weighted by atomic mass is 16.5. The molecule has 0 aromatic heterocycles. The molecule has 3 atom stereocenters. The van der Waals surface area contributed by atoms with Crippen LogP contribution in [0.5, 0.6) is 0 Å². The Morgan fingerprint density at radius 2 is 1.03 bits per heavy atom. The van der Waals surface area contributed by atoms with E-state index in [1.165, 1.54) is 0 Å². The predicted octanol–water partition coefficient (Wildman–Crippen LogP) is 6.58. The lowest BCUT2D eigenvalue weighted by Crippen LogP contribution is -2.47. The number of carbonyl (C=O) groups is 3. The first-order valence-electron chi connectivity index (χ1n) is 13.5. The summed E-state index contributed by atoms with van der Waals surface area (Å²) in [6.07, 6.45) is 4.19. The van der Waals surface area contributed by atoms with Crippen molar-refractivity contribution in [2.75, 3.05) is 26.3 Å². The monoisotopic (exact) mass is 522 g/mol. The number of hydrogen-bond acceptors (Lipinski definition) is 5. The summed E-state index contributed by atoms with van der Waals surface area (Å²) in [4.78, 5) is 36.5. The van der Waals surface area contributed by atoms with Crippen molar-refractivity contribution in [3.63, 3.8) is 0 Å². The Bertz CT molecular complexity index is 821. The van der Waals surface area contributed by atoms with E-state index < -0.39 is 0 Å². The molecule has 0 aliphatic heterocycles. The molecule has 37 heavy (non-hydrogen) atoms. The first kappa shape index (κ1) is 34.7. The summed E-state index contributed by atoms with van der Waals surface area (Å²) in [6, 6.07) is -0.197. The van der Waals surface area contributed by atoms with Gasteiger partial charge in [-0.1, -0.05) is 68.5 Å². The van der Waals surface area contributed by atoms with Gasteiger partial charge in [0.1, 0.15) is 0 Å². The first-order valence-corrected chi connectivity index (χ1v) is 13.5. The minimum absolute atomic E-state index is 0.152. The summed E-state index contributed by atoms with van der Waals surface area (Å²) in [5.41, 5.74) is 0.0319. The average Bonchev–Trinajstić information content (AvgIpc) is 2.82. The Morgan fingerprint density at radius 1 is 0.649 bits per heavy atom. The van der Waals surface area contributed by atoms with Crippen LogP contribution in [-0.2, 0) is 19.1 Å². The molecule has 214 valence electrons. The van der Waals surface area contributed by atoms with Crippen LogP contribution in [0.2, 0.25) is 0 Å². The van der Waals surface area contributed by atoms with Crippen molar-refractivity contribution >= 4 is 18.0 Å². The van der Waals surface area contributed by atoms with E-state index >= 15 is 0 Å². The fourth-order valence-electron chi connectivity index (χ4n) is 4.54. The van der Waals surface area contributed by atoms with Gasteiger partial charge in [-0.25, -0.2) is 14.4 Å². The molecule has 0 radical (unpaired) electrons.